The number of amides is 2. The van der Waals surface area contributed by atoms with Crippen LogP contribution in [0.2, 0.25) is 0 Å². The first-order chi connectivity index (χ1) is 16.3. The van der Waals surface area contributed by atoms with Crippen molar-refractivity contribution in [3.63, 3.8) is 0 Å². The number of rotatable bonds is 7. The number of nitrogens with zero attached hydrogens (tertiary/aromatic N) is 1. The lowest BCUT2D eigenvalue weighted by Gasteiger charge is -2.20. The molecule has 7 nitrogen and oxygen atoms in total. The molecule has 34 heavy (non-hydrogen) atoms. The van der Waals surface area contributed by atoms with Crippen molar-refractivity contribution >= 4 is 28.4 Å². The lowest BCUT2D eigenvalue weighted by Crippen LogP contribution is -2.48. The van der Waals surface area contributed by atoms with Crippen LogP contribution < -0.4 is 16.4 Å². The lowest BCUT2D eigenvalue weighted by molar-refractivity contribution is -0.123. The van der Waals surface area contributed by atoms with E-state index < -0.39 is 6.04 Å². The Kier molecular flexibility index (Phi) is 6.63. The van der Waals surface area contributed by atoms with Crippen molar-refractivity contribution in [3.8, 4) is 0 Å². The van der Waals surface area contributed by atoms with Crippen molar-refractivity contribution < 1.29 is 9.59 Å². The SMILES string of the molecule is Cc1cc(C)c(C(=O)N[C@@H](Cc2cccc3ccccc23)C(=O)NCc2ccc(N)nc2C)[nH]1. The number of aromatic nitrogens is 2. The Balaban J connectivity index is 1.59. The molecular formula is C27H29N5O2. The van der Waals surface area contributed by atoms with Crippen LogP contribution in [0, 0.1) is 20.8 Å². The topological polar surface area (TPSA) is 113 Å². The van der Waals surface area contributed by atoms with Crippen molar-refractivity contribution in [2.75, 3.05) is 5.73 Å². The largest absolute Gasteiger partial charge is 0.384 e. The van der Waals surface area contributed by atoms with Gasteiger partial charge < -0.3 is 21.4 Å². The van der Waals surface area contributed by atoms with Gasteiger partial charge in [-0.2, -0.15) is 0 Å². The molecule has 5 N–H and O–H groups in total. The molecule has 0 aliphatic carbocycles. The zero-order chi connectivity index (χ0) is 24.2. The summed E-state index contributed by atoms with van der Waals surface area (Å²) in [5.74, 6) is -0.139. The number of benzene rings is 2. The molecule has 0 bridgehead atoms. The third-order valence-corrected chi connectivity index (χ3v) is 5.97. The van der Waals surface area contributed by atoms with Crippen LogP contribution in [0.4, 0.5) is 5.82 Å². The summed E-state index contributed by atoms with van der Waals surface area (Å²) in [5, 5.41) is 8.05. The van der Waals surface area contributed by atoms with Gasteiger partial charge in [0.25, 0.3) is 5.91 Å². The quantitative estimate of drug-likeness (QED) is 0.340. The fourth-order valence-corrected chi connectivity index (χ4v) is 4.20. The summed E-state index contributed by atoms with van der Waals surface area (Å²) in [6.07, 6.45) is 0.358. The Morgan fingerprint density at radius 1 is 1.00 bits per heavy atom. The maximum absolute atomic E-state index is 13.3. The van der Waals surface area contributed by atoms with Gasteiger partial charge in [0.1, 0.15) is 17.6 Å². The number of H-pyrrole nitrogens is 1. The summed E-state index contributed by atoms with van der Waals surface area (Å²) in [6.45, 7) is 5.91. The van der Waals surface area contributed by atoms with Crippen molar-refractivity contribution in [1.29, 1.82) is 0 Å². The average Bonchev–Trinajstić information content (AvgIpc) is 3.16. The summed E-state index contributed by atoms with van der Waals surface area (Å²) in [6, 6.07) is 18.7. The molecule has 0 aliphatic rings. The molecule has 4 rings (SSSR count). The third-order valence-electron chi connectivity index (χ3n) is 5.97. The minimum Gasteiger partial charge on any atom is -0.384 e. The number of aryl methyl sites for hydroxylation is 3. The summed E-state index contributed by atoms with van der Waals surface area (Å²) in [7, 11) is 0. The Hall–Kier alpha value is -4.13. The van der Waals surface area contributed by atoms with E-state index in [-0.39, 0.29) is 11.8 Å². The van der Waals surface area contributed by atoms with Gasteiger partial charge >= 0.3 is 0 Å². The van der Waals surface area contributed by atoms with E-state index >= 15 is 0 Å². The summed E-state index contributed by atoms with van der Waals surface area (Å²) in [4.78, 5) is 33.7. The molecule has 1 atom stereocenters. The van der Waals surface area contributed by atoms with Crippen LogP contribution in [0.3, 0.4) is 0 Å². The number of nitrogens with two attached hydrogens (primary N) is 1. The van der Waals surface area contributed by atoms with Crippen LogP contribution >= 0.6 is 0 Å². The zero-order valence-corrected chi connectivity index (χ0v) is 19.6. The Morgan fingerprint density at radius 2 is 1.76 bits per heavy atom. The number of hydrogen-bond donors (Lipinski definition) is 4. The van der Waals surface area contributed by atoms with Crippen molar-refractivity contribution in [1.82, 2.24) is 20.6 Å². The van der Waals surface area contributed by atoms with Gasteiger partial charge in [-0.1, -0.05) is 48.5 Å². The monoisotopic (exact) mass is 455 g/mol. The van der Waals surface area contributed by atoms with Gasteiger partial charge in [-0.15, -0.1) is 0 Å². The van der Waals surface area contributed by atoms with E-state index in [1.165, 1.54) is 0 Å². The Labute approximate surface area is 198 Å². The molecule has 0 saturated carbocycles. The van der Waals surface area contributed by atoms with Gasteiger partial charge in [0.15, 0.2) is 0 Å². The third kappa shape index (κ3) is 5.09. The molecule has 2 aromatic heterocycles. The van der Waals surface area contributed by atoms with Crippen LogP contribution in [-0.4, -0.2) is 27.8 Å². The van der Waals surface area contributed by atoms with Crippen LogP contribution in [-0.2, 0) is 17.8 Å². The number of carbonyl (C=O) groups excluding carboxylic acids is 2. The maximum Gasteiger partial charge on any atom is 0.268 e. The average molecular weight is 456 g/mol. The maximum atomic E-state index is 13.3. The first-order valence-corrected chi connectivity index (χ1v) is 11.2. The van der Waals surface area contributed by atoms with Gasteiger partial charge in [-0.25, -0.2) is 4.98 Å². The summed E-state index contributed by atoms with van der Waals surface area (Å²) < 4.78 is 0. The van der Waals surface area contributed by atoms with E-state index in [2.05, 4.69) is 20.6 Å². The highest BCUT2D eigenvalue weighted by atomic mass is 16.2. The Morgan fingerprint density at radius 3 is 2.50 bits per heavy atom. The van der Waals surface area contributed by atoms with Crippen LogP contribution in [0.15, 0.2) is 60.7 Å². The van der Waals surface area contributed by atoms with E-state index in [0.29, 0.717) is 24.5 Å². The second kappa shape index (κ2) is 9.79. The highest BCUT2D eigenvalue weighted by Crippen LogP contribution is 2.20. The molecule has 2 aromatic carbocycles. The molecular weight excluding hydrogens is 426 g/mol. The first-order valence-electron chi connectivity index (χ1n) is 11.2. The van der Waals surface area contributed by atoms with Crippen LogP contribution in [0.5, 0.6) is 0 Å². The molecule has 0 saturated heterocycles. The number of pyridine rings is 1. The highest BCUT2D eigenvalue weighted by molar-refractivity contribution is 5.97. The number of carbonyl (C=O) groups is 2. The lowest BCUT2D eigenvalue weighted by atomic mass is 9.98. The van der Waals surface area contributed by atoms with E-state index in [4.69, 9.17) is 5.73 Å². The van der Waals surface area contributed by atoms with Gasteiger partial charge in [-0.3, -0.25) is 9.59 Å². The molecule has 4 aromatic rings. The molecule has 0 aliphatic heterocycles. The number of fused-ring (bicyclic) bond motifs is 1. The molecule has 0 radical (unpaired) electrons. The molecule has 174 valence electrons. The van der Waals surface area contributed by atoms with Crippen molar-refractivity contribution in [2.45, 2.75) is 39.8 Å². The second-order valence-corrected chi connectivity index (χ2v) is 8.58. The number of nitrogens with one attached hydrogen (secondary N) is 3. The molecule has 7 heteroatoms. The predicted octanol–water partition coefficient (Wildman–Crippen LogP) is 3.73. The van der Waals surface area contributed by atoms with Crippen LogP contribution in [0.1, 0.15) is 38.6 Å². The van der Waals surface area contributed by atoms with E-state index in [9.17, 15) is 9.59 Å². The van der Waals surface area contributed by atoms with Crippen molar-refractivity contribution in [2.24, 2.45) is 0 Å². The number of anilines is 1. The van der Waals surface area contributed by atoms with Gasteiger partial charge in [0.05, 0.1) is 0 Å². The van der Waals surface area contributed by atoms with E-state index in [1.54, 1.807) is 6.07 Å². The highest BCUT2D eigenvalue weighted by Gasteiger charge is 2.24. The normalized spacial score (nSPS) is 11.9. The molecule has 2 heterocycles. The van der Waals surface area contributed by atoms with Crippen LogP contribution in [0.25, 0.3) is 10.8 Å². The summed E-state index contributed by atoms with van der Waals surface area (Å²) in [5.41, 5.74) is 10.5. The smallest absolute Gasteiger partial charge is 0.268 e. The number of nitrogen functional groups attached to an aromatic ring is 1. The molecule has 0 unspecified atom stereocenters. The van der Waals surface area contributed by atoms with E-state index in [0.717, 1.165) is 38.9 Å². The minimum atomic E-state index is -0.761. The fraction of sp³-hybridized carbons (Fsp3) is 0.222. The number of hydrogen-bond acceptors (Lipinski definition) is 4. The molecule has 2 amide bonds. The van der Waals surface area contributed by atoms with Gasteiger partial charge in [0, 0.05) is 24.4 Å². The second-order valence-electron chi connectivity index (χ2n) is 8.58. The molecule has 0 fully saturated rings. The predicted molar refractivity (Wildman–Crippen MR) is 134 cm³/mol. The fourth-order valence-electron chi connectivity index (χ4n) is 4.20. The van der Waals surface area contributed by atoms with Crippen molar-refractivity contribution in [3.05, 3.63) is 94.4 Å². The van der Waals surface area contributed by atoms with Gasteiger partial charge in [-0.05, 0) is 60.4 Å². The van der Waals surface area contributed by atoms with E-state index in [1.807, 2.05) is 75.4 Å². The van der Waals surface area contributed by atoms with Gasteiger partial charge in [0.2, 0.25) is 5.91 Å². The Bertz CT molecular complexity index is 1350. The minimum absolute atomic E-state index is 0.265. The molecule has 0 spiro atoms. The standard InChI is InChI=1S/C27H29N5O2/c1-16-13-17(2)30-25(16)27(34)32-23(14-20-9-6-8-19-7-4-5-10-22(19)20)26(33)29-15-21-11-12-24(28)31-18(21)3/h4-13,23,30H,14-15H2,1-3H3,(H2,28,31)(H,29,33)(H,32,34)/t23-/m0/s1. The summed E-state index contributed by atoms with van der Waals surface area (Å²) >= 11 is 0. The first kappa shape index (κ1) is 23.0. The zero-order valence-electron chi connectivity index (χ0n) is 19.6. The number of aromatic amines is 1.